The molecule has 5 rings (SSSR count). The monoisotopic (exact) mass is 547 g/mol. The Hall–Kier alpha value is -3.22. The number of ether oxygens (including phenoxy) is 2. The molecule has 2 aliphatic rings. The third-order valence-electron chi connectivity index (χ3n) is 7.63. The number of anilines is 2. The highest BCUT2D eigenvalue weighted by Crippen LogP contribution is 2.44. The van der Waals surface area contributed by atoms with Gasteiger partial charge in [-0.2, -0.15) is 0 Å². The Morgan fingerprint density at radius 2 is 1.74 bits per heavy atom. The van der Waals surface area contributed by atoms with Crippen molar-refractivity contribution in [3.05, 3.63) is 82.4 Å². The minimum atomic E-state index is -0.330. The maximum atomic E-state index is 13.7. The molecule has 206 valence electrons. The molecule has 1 amide bonds. The number of nitrogens with one attached hydrogen (secondary N) is 2. The van der Waals surface area contributed by atoms with Crippen LogP contribution < -0.4 is 25.0 Å². The summed E-state index contributed by atoms with van der Waals surface area (Å²) in [6.07, 6.45) is 3.96. The molecule has 2 heterocycles. The molecular formula is C32H38ClN3O3. The number of benzene rings is 3. The first-order valence-corrected chi connectivity index (χ1v) is 14.3. The van der Waals surface area contributed by atoms with Gasteiger partial charge in [-0.25, -0.2) is 0 Å². The number of fused-ring (bicyclic) bond motifs is 1. The molecule has 2 N–H and O–H groups in total. The van der Waals surface area contributed by atoms with Crippen LogP contribution in [0.2, 0.25) is 5.02 Å². The molecule has 0 saturated carbocycles. The SMILES string of the molecule is COc1cc2c(cc1OC(C)C)[C@H](c1ccc(Cl)cc1)N(c1ccc(NC(C)C3CCCCN3)cc1)C(=O)C2. The van der Waals surface area contributed by atoms with Gasteiger partial charge in [0.2, 0.25) is 5.91 Å². The van der Waals surface area contributed by atoms with Crippen LogP contribution in [0.1, 0.15) is 62.8 Å². The highest BCUT2D eigenvalue weighted by molar-refractivity contribution is 6.30. The van der Waals surface area contributed by atoms with Gasteiger partial charge < -0.3 is 25.0 Å². The first-order valence-electron chi connectivity index (χ1n) is 13.9. The van der Waals surface area contributed by atoms with Gasteiger partial charge in [-0.1, -0.05) is 30.2 Å². The van der Waals surface area contributed by atoms with Gasteiger partial charge in [-0.3, -0.25) is 4.79 Å². The second-order valence-electron chi connectivity index (χ2n) is 10.8. The van der Waals surface area contributed by atoms with E-state index in [9.17, 15) is 4.79 Å². The van der Waals surface area contributed by atoms with Crippen LogP contribution >= 0.6 is 11.6 Å². The third kappa shape index (κ3) is 6.02. The number of hydrogen-bond donors (Lipinski definition) is 2. The summed E-state index contributed by atoms with van der Waals surface area (Å²) in [5, 5.41) is 7.93. The molecule has 0 bridgehead atoms. The average Bonchev–Trinajstić information content (AvgIpc) is 2.93. The quantitative estimate of drug-likeness (QED) is 0.326. The fourth-order valence-electron chi connectivity index (χ4n) is 5.72. The third-order valence-corrected chi connectivity index (χ3v) is 7.88. The highest BCUT2D eigenvalue weighted by Gasteiger charge is 2.36. The highest BCUT2D eigenvalue weighted by atomic mass is 35.5. The van der Waals surface area contributed by atoms with E-state index in [0.29, 0.717) is 28.6 Å². The van der Waals surface area contributed by atoms with Gasteiger partial charge in [0.1, 0.15) is 0 Å². The Kier molecular flexibility index (Phi) is 8.34. The number of nitrogens with zero attached hydrogens (tertiary/aromatic N) is 1. The van der Waals surface area contributed by atoms with E-state index in [2.05, 4.69) is 29.7 Å². The molecule has 1 saturated heterocycles. The second-order valence-corrected chi connectivity index (χ2v) is 11.2. The smallest absolute Gasteiger partial charge is 0.232 e. The summed E-state index contributed by atoms with van der Waals surface area (Å²) in [7, 11) is 1.63. The maximum Gasteiger partial charge on any atom is 0.232 e. The molecule has 39 heavy (non-hydrogen) atoms. The molecule has 2 unspecified atom stereocenters. The molecule has 0 aromatic heterocycles. The van der Waals surface area contributed by atoms with E-state index in [1.54, 1.807) is 7.11 Å². The molecule has 6 nitrogen and oxygen atoms in total. The van der Waals surface area contributed by atoms with Crippen LogP contribution in [0.4, 0.5) is 11.4 Å². The molecule has 0 radical (unpaired) electrons. The summed E-state index contributed by atoms with van der Waals surface area (Å²) in [6.45, 7) is 7.29. The fourth-order valence-corrected chi connectivity index (χ4v) is 5.84. The lowest BCUT2D eigenvalue weighted by Crippen LogP contribution is -2.45. The van der Waals surface area contributed by atoms with Gasteiger partial charge in [-0.15, -0.1) is 0 Å². The number of piperidine rings is 1. The predicted molar refractivity (Wildman–Crippen MR) is 158 cm³/mol. The number of carbonyl (C=O) groups excluding carboxylic acids is 1. The average molecular weight is 548 g/mol. The summed E-state index contributed by atoms with van der Waals surface area (Å²) in [5.74, 6) is 1.34. The Bertz CT molecular complexity index is 1290. The van der Waals surface area contributed by atoms with E-state index in [-0.39, 0.29) is 24.5 Å². The van der Waals surface area contributed by atoms with Gasteiger partial charge >= 0.3 is 0 Å². The zero-order valence-corrected chi connectivity index (χ0v) is 23.9. The summed E-state index contributed by atoms with van der Waals surface area (Å²) in [4.78, 5) is 15.6. The zero-order valence-electron chi connectivity index (χ0n) is 23.2. The Labute approximate surface area is 236 Å². The Morgan fingerprint density at radius 3 is 2.38 bits per heavy atom. The van der Waals surface area contributed by atoms with Gasteiger partial charge in [0.05, 0.1) is 25.7 Å². The second kappa shape index (κ2) is 11.9. The van der Waals surface area contributed by atoms with Crippen molar-refractivity contribution in [2.24, 2.45) is 0 Å². The number of amides is 1. The Balaban J connectivity index is 1.50. The van der Waals surface area contributed by atoms with Crippen LogP contribution in [0, 0.1) is 0 Å². The molecule has 0 spiro atoms. The van der Waals surface area contributed by atoms with Crippen LogP contribution in [0.25, 0.3) is 0 Å². The number of methoxy groups -OCH3 is 1. The first kappa shape index (κ1) is 27.4. The van der Waals surface area contributed by atoms with Gasteiger partial charge in [-0.05, 0) is 105 Å². The van der Waals surface area contributed by atoms with Crippen LogP contribution in [0.15, 0.2) is 60.7 Å². The van der Waals surface area contributed by atoms with Crippen molar-refractivity contribution in [3.63, 3.8) is 0 Å². The summed E-state index contributed by atoms with van der Waals surface area (Å²) in [6, 6.07) is 20.3. The van der Waals surface area contributed by atoms with E-state index in [0.717, 1.165) is 34.6 Å². The fraction of sp³-hybridized carbons (Fsp3) is 0.406. The van der Waals surface area contributed by atoms with E-state index in [1.165, 1.54) is 19.3 Å². The minimum absolute atomic E-state index is 0.0153. The van der Waals surface area contributed by atoms with Crippen molar-refractivity contribution in [2.45, 2.75) is 70.7 Å². The van der Waals surface area contributed by atoms with E-state index in [4.69, 9.17) is 21.1 Å². The lowest BCUT2D eigenvalue weighted by molar-refractivity contribution is -0.118. The number of hydrogen-bond acceptors (Lipinski definition) is 5. The van der Waals surface area contributed by atoms with Crippen LogP contribution in [0.5, 0.6) is 11.5 Å². The largest absolute Gasteiger partial charge is 0.493 e. The van der Waals surface area contributed by atoms with Crippen molar-refractivity contribution < 1.29 is 14.3 Å². The van der Waals surface area contributed by atoms with Crippen molar-refractivity contribution in [1.29, 1.82) is 0 Å². The summed E-state index contributed by atoms with van der Waals surface area (Å²) < 4.78 is 11.7. The van der Waals surface area contributed by atoms with E-state index >= 15 is 0 Å². The van der Waals surface area contributed by atoms with Crippen LogP contribution in [0.3, 0.4) is 0 Å². The number of rotatable bonds is 8. The molecule has 7 heteroatoms. The van der Waals surface area contributed by atoms with Crippen LogP contribution in [-0.2, 0) is 11.2 Å². The van der Waals surface area contributed by atoms with Crippen molar-refractivity contribution in [1.82, 2.24) is 5.32 Å². The van der Waals surface area contributed by atoms with E-state index in [1.807, 2.05) is 67.3 Å². The summed E-state index contributed by atoms with van der Waals surface area (Å²) in [5.41, 5.74) is 4.84. The molecule has 0 aliphatic carbocycles. The normalized spacial score (nSPS) is 19.9. The minimum Gasteiger partial charge on any atom is -0.493 e. The molecular weight excluding hydrogens is 510 g/mol. The topological polar surface area (TPSA) is 62.8 Å². The number of carbonyl (C=O) groups is 1. The predicted octanol–water partition coefficient (Wildman–Crippen LogP) is 6.76. The molecule has 3 aromatic rings. The van der Waals surface area contributed by atoms with Crippen LogP contribution in [-0.4, -0.2) is 37.7 Å². The molecule has 1 fully saturated rings. The number of halogens is 1. The maximum absolute atomic E-state index is 13.7. The van der Waals surface area contributed by atoms with Gasteiger partial charge in [0.15, 0.2) is 11.5 Å². The van der Waals surface area contributed by atoms with Crippen molar-refractivity contribution in [2.75, 3.05) is 23.9 Å². The summed E-state index contributed by atoms with van der Waals surface area (Å²) >= 11 is 6.24. The lowest BCUT2D eigenvalue weighted by atomic mass is 9.86. The van der Waals surface area contributed by atoms with Gasteiger partial charge in [0.25, 0.3) is 0 Å². The van der Waals surface area contributed by atoms with Crippen molar-refractivity contribution in [3.8, 4) is 11.5 Å². The Morgan fingerprint density at radius 1 is 1.00 bits per heavy atom. The first-order chi connectivity index (χ1) is 18.8. The molecule has 3 aromatic carbocycles. The zero-order chi connectivity index (χ0) is 27.5. The van der Waals surface area contributed by atoms with Crippen molar-refractivity contribution >= 4 is 28.9 Å². The lowest BCUT2D eigenvalue weighted by Gasteiger charge is -2.38. The molecule has 2 aliphatic heterocycles. The molecule has 3 atom stereocenters. The van der Waals surface area contributed by atoms with E-state index < -0.39 is 0 Å². The standard InChI is InChI=1S/C32H38ClN3O3/c1-20(2)39-30-19-27-23(17-29(30)38-4)18-31(37)36(32(27)22-8-10-24(33)11-9-22)26-14-12-25(13-15-26)35-21(3)28-7-5-6-16-34-28/h8-15,17,19-21,28,32,34-35H,5-7,16,18H2,1-4H3/t21?,28?,32-/m0/s1. The van der Waals surface area contributed by atoms with Gasteiger partial charge in [0, 0.05) is 28.5 Å².